The Morgan fingerprint density at radius 2 is 1.92 bits per heavy atom. The van der Waals surface area contributed by atoms with Gasteiger partial charge < -0.3 is 11.1 Å². The van der Waals surface area contributed by atoms with E-state index < -0.39 is 0 Å². The summed E-state index contributed by atoms with van der Waals surface area (Å²) in [4.78, 5) is 11.0. The Morgan fingerprint density at radius 3 is 2.69 bits per heavy atom. The molecule has 0 radical (unpaired) electrons. The van der Waals surface area contributed by atoms with Gasteiger partial charge in [-0.1, -0.05) is 12.8 Å². The maximum absolute atomic E-state index is 11.0. The number of hydrogen-bond acceptors (Lipinski definition) is 2. The van der Waals surface area contributed by atoms with E-state index in [0.717, 1.165) is 12.3 Å². The molecule has 3 nitrogen and oxygen atoms in total. The van der Waals surface area contributed by atoms with Crippen LogP contribution in [0.1, 0.15) is 38.5 Å². The number of rotatable bonds is 1. The second kappa shape index (κ2) is 3.66. The molecule has 1 heterocycles. The SMILES string of the molecule is NC(=O)[C@H]1CCC2CCCCC2N1. The normalized spacial score (nSPS) is 39.5. The van der Waals surface area contributed by atoms with E-state index in [1.165, 1.54) is 32.1 Å². The molecule has 0 aromatic rings. The lowest BCUT2D eigenvalue weighted by molar-refractivity contribution is -0.121. The van der Waals surface area contributed by atoms with Crippen molar-refractivity contribution in [2.45, 2.75) is 50.6 Å². The van der Waals surface area contributed by atoms with E-state index >= 15 is 0 Å². The first kappa shape index (κ1) is 9.00. The topological polar surface area (TPSA) is 55.1 Å². The van der Waals surface area contributed by atoms with Gasteiger partial charge in [0.1, 0.15) is 0 Å². The second-order valence-electron chi connectivity index (χ2n) is 4.35. The van der Waals surface area contributed by atoms with Crippen LogP contribution >= 0.6 is 0 Å². The van der Waals surface area contributed by atoms with Crippen LogP contribution in [0, 0.1) is 5.92 Å². The first-order chi connectivity index (χ1) is 6.27. The Labute approximate surface area is 79.1 Å². The van der Waals surface area contributed by atoms with Crippen molar-refractivity contribution in [2.24, 2.45) is 11.7 Å². The van der Waals surface area contributed by atoms with Crippen molar-refractivity contribution in [3.63, 3.8) is 0 Å². The highest BCUT2D eigenvalue weighted by molar-refractivity contribution is 5.79. The Balaban J connectivity index is 1.95. The Bertz CT molecular complexity index is 205. The predicted molar refractivity (Wildman–Crippen MR) is 51.1 cm³/mol. The molecule has 1 saturated carbocycles. The highest BCUT2D eigenvalue weighted by atomic mass is 16.1. The van der Waals surface area contributed by atoms with Crippen molar-refractivity contribution in [2.75, 3.05) is 0 Å². The molecule has 1 aliphatic carbocycles. The number of nitrogens with two attached hydrogens (primary N) is 1. The summed E-state index contributed by atoms with van der Waals surface area (Å²) in [5, 5.41) is 3.38. The molecular weight excluding hydrogens is 164 g/mol. The summed E-state index contributed by atoms with van der Waals surface area (Å²) in [7, 11) is 0. The molecule has 2 rings (SSSR count). The monoisotopic (exact) mass is 182 g/mol. The van der Waals surface area contributed by atoms with Crippen molar-refractivity contribution in [3.05, 3.63) is 0 Å². The smallest absolute Gasteiger partial charge is 0.234 e. The predicted octanol–water partition coefficient (Wildman–Crippen LogP) is 0.782. The third kappa shape index (κ3) is 1.85. The summed E-state index contributed by atoms with van der Waals surface area (Å²) < 4.78 is 0. The van der Waals surface area contributed by atoms with E-state index in [1.54, 1.807) is 0 Å². The molecule has 2 aliphatic rings. The highest BCUT2D eigenvalue weighted by Crippen LogP contribution is 2.31. The van der Waals surface area contributed by atoms with Crippen LogP contribution < -0.4 is 11.1 Å². The average molecular weight is 182 g/mol. The van der Waals surface area contributed by atoms with Crippen molar-refractivity contribution >= 4 is 5.91 Å². The number of carbonyl (C=O) groups excluding carboxylic acids is 1. The standard InChI is InChI=1S/C10H18N2O/c11-10(13)9-6-5-7-3-1-2-4-8(7)12-9/h7-9,12H,1-6H2,(H2,11,13)/t7?,8?,9-/m1/s1. The van der Waals surface area contributed by atoms with Crippen LogP contribution in [-0.4, -0.2) is 18.0 Å². The molecule has 2 fully saturated rings. The third-order valence-corrected chi connectivity index (χ3v) is 3.49. The van der Waals surface area contributed by atoms with Crippen molar-refractivity contribution < 1.29 is 4.79 Å². The zero-order chi connectivity index (χ0) is 9.26. The quantitative estimate of drug-likeness (QED) is 0.629. The molecule has 74 valence electrons. The van der Waals surface area contributed by atoms with Crippen LogP contribution in [0.4, 0.5) is 0 Å². The van der Waals surface area contributed by atoms with Crippen molar-refractivity contribution in [1.29, 1.82) is 0 Å². The Morgan fingerprint density at radius 1 is 1.15 bits per heavy atom. The highest BCUT2D eigenvalue weighted by Gasteiger charge is 2.33. The van der Waals surface area contributed by atoms with Gasteiger partial charge in [0.25, 0.3) is 0 Å². The lowest BCUT2D eigenvalue weighted by atomic mass is 9.78. The zero-order valence-corrected chi connectivity index (χ0v) is 7.96. The van der Waals surface area contributed by atoms with Crippen LogP contribution in [0.5, 0.6) is 0 Å². The van der Waals surface area contributed by atoms with E-state index in [2.05, 4.69) is 5.32 Å². The molecular formula is C10H18N2O. The third-order valence-electron chi connectivity index (χ3n) is 3.49. The van der Waals surface area contributed by atoms with Gasteiger partial charge in [0.15, 0.2) is 0 Å². The largest absolute Gasteiger partial charge is 0.368 e. The van der Waals surface area contributed by atoms with E-state index in [0.29, 0.717) is 6.04 Å². The van der Waals surface area contributed by atoms with E-state index in [1.807, 2.05) is 0 Å². The van der Waals surface area contributed by atoms with Gasteiger partial charge in [-0.25, -0.2) is 0 Å². The Hall–Kier alpha value is -0.570. The van der Waals surface area contributed by atoms with Crippen LogP contribution in [-0.2, 0) is 4.79 Å². The summed E-state index contributed by atoms with van der Waals surface area (Å²) in [6, 6.07) is 0.513. The average Bonchev–Trinajstić information content (AvgIpc) is 2.17. The molecule has 0 bridgehead atoms. The van der Waals surface area contributed by atoms with Crippen LogP contribution in [0.25, 0.3) is 0 Å². The minimum atomic E-state index is -0.177. The summed E-state index contributed by atoms with van der Waals surface area (Å²) in [6.07, 6.45) is 7.36. The van der Waals surface area contributed by atoms with Gasteiger partial charge in [0, 0.05) is 6.04 Å². The molecule has 3 heteroatoms. The first-order valence-electron chi connectivity index (χ1n) is 5.33. The van der Waals surface area contributed by atoms with Crippen molar-refractivity contribution in [1.82, 2.24) is 5.32 Å². The lowest BCUT2D eigenvalue weighted by Crippen LogP contribution is -2.53. The molecule has 0 spiro atoms. The van der Waals surface area contributed by atoms with Gasteiger partial charge in [-0.3, -0.25) is 4.79 Å². The zero-order valence-electron chi connectivity index (χ0n) is 7.96. The first-order valence-corrected chi connectivity index (χ1v) is 5.33. The van der Waals surface area contributed by atoms with Crippen molar-refractivity contribution in [3.8, 4) is 0 Å². The number of primary amides is 1. The fraction of sp³-hybridized carbons (Fsp3) is 0.900. The van der Waals surface area contributed by atoms with Gasteiger partial charge in [-0.05, 0) is 31.6 Å². The van der Waals surface area contributed by atoms with Gasteiger partial charge in [0.05, 0.1) is 6.04 Å². The maximum Gasteiger partial charge on any atom is 0.234 e. The molecule has 0 aromatic heterocycles. The fourth-order valence-electron chi connectivity index (χ4n) is 2.72. The molecule has 3 N–H and O–H groups in total. The molecule has 1 aliphatic heterocycles. The van der Waals surface area contributed by atoms with Crippen LogP contribution in [0.3, 0.4) is 0 Å². The minimum absolute atomic E-state index is 0.0562. The molecule has 1 saturated heterocycles. The van der Waals surface area contributed by atoms with E-state index in [4.69, 9.17) is 5.73 Å². The van der Waals surface area contributed by atoms with Crippen LogP contribution in [0.15, 0.2) is 0 Å². The fourth-order valence-corrected chi connectivity index (χ4v) is 2.72. The maximum atomic E-state index is 11.0. The molecule has 1 amide bonds. The molecule has 2 unspecified atom stereocenters. The molecule has 13 heavy (non-hydrogen) atoms. The van der Waals surface area contributed by atoms with Gasteiger partial charge in [-0.15, -0.1) is 0 Å². The van der Waals surface area contributed by atoms with Gasteiger partial charge in [-0.2, -0.15) is 0 Å². The van der Waals surface area contributed by atoms with Crippen LogP contribution in [0.2, 0.25) is 0 Å². The Kier molecular flexibility index (Phi) is 2.54. The number of fused-ring (bicyclic) bond motifs is 1. The number of carbonyl (C=O) groups is 1. The molecule has 0 aromatic carbocycles. The summed E-state index contributed by atoms with van der Waals surface area (Å²) in [5.74, 6) is 0.633. The number of piperidine rings is 1. The summed E-state index contributed by atoms with van der Waals surface area (Å²) in [5.41, 5.74) is 5.29. The summed E-state index contributed by atoms with van der Waals surface area (Å²) >= 11 is 0. The second-order valence-corrected chi connectivity index (χ2v) is 4.35. The van der Waals surface area contributed by atoms with Gasteiger partial charge in [0.2, 0.25) is 5.91 Å². The number of amides is 1. The number of hydrogen-bond donors (Lipinski definition) is 2. The lowest BCUT2D eigenvalue weighted by Gasteiger charge is -2.39. The van der Waals surface area contributed by atoms with E-state index in [9.17, 15) is 4.79 Å². The minimum Gasteiger partial charge on any atom is -0.368 e. The van der Waals surface area contributed by atoms with Gasteiger partial charge >= 0.3 is 0 Å². The number of nitrogens with one attached hydrogen (secondary N) is 1. The summed E-state index contributed by atoms with van der Waals surface area (Å²) in [6.45, 7) is 0. The van der Waals surface area contributed by atoms with E-state index in [-0.39, 0.29) is 11.9 Å². The molecule has 3 atom stereocenters.